The van der Waals surface area contributed by atoms with E-state index in [9.17, 15) is 14.7 Å². The van der Waals surface area contributed by atoms with Gasteiger partial charge in [-0.05, 0) is 0 Å². The lowest BCUT2D eigenvalue weighted by atomic mass is 10.1. The van der Waals surface area contributed by atoms with Gasteiger partial charge in [-0.1, -0.05) is 0 Å². The van der Waals surface area contributed by atoms with Crippen molar-refractivity contribution in [1.82, 2.24) is 9.97 Å². The van der Waals surface area contributed by atoms with E-state index in [1.807, 2.05) is 0 Å². The van der Waals surface area contributed by atoms with Crippen LogP contribution in [0, 0.1) is 0 Å². The second-order valence-electron chi connectivity index (χ2n) is 4.23. The quantitative estimate of drug-likeness (QED) is 0.768. The minimum absolute atomic E-state index is 0.0524. The molecule has 0 unspecified atom stereocenters. The normalized spacial score (nSPS) is 9.83. The molecule has 0 spiro atoms. The van der Waals surface area contributed by atoms with E-state index in [1.165, 1.54) is 44.9 Å². The Morgan fingerprint density at radius 3 is 2.35 bits per heavy atom. The number of aromatic nitrogens is 2. The van der Waals surface area contributed by atoms with E-state index in [2.05, 4.69) is 20.6 Å². The standard InChI is InChI=1S/C14H14N4O5/c1-22-10-5-8(13(19)20)9(6-11(10)23-2)17-14(21)18-12-7-15-3-4-16-12/h3-7H,1-2H3,(H,19,20)(H2,16,17,18,21). The fraction of sp³-hybridized carbons (Fsp3) is 0.143. The Morgan fingerprint density at radius 2 is 1.78 bits per heavy atom. The van der Waals surface area contributed by atoms with Crippen molar-refractivity contribution in [3.05, 3.63) is 36.3 Å². The summed E-state index contributed by atoms with van der Waals surface area (Å²) in [4.78, 5) is 31.0. The second kappa shape index (κ2) is 7.07. The number of carbonyl (C=O) groups is 2. The number of methoxy groups -OCH3 is 2. The van der Waals surface area contributed by atoms with Gasteiger partial charge in [0.2, 0.25) is 0 Å². The minimum Gasteiger partial charge on any atom is -0.493 e. The molecule has 0 atom stereocenters. The zero-order chi connectivity index (χ0) is 16.8. The van der Waals surface area contributed by atoms with Crippen LogP contribution in [-0.2, 0) is 0 Å². The van der Waals surface area contributed by atoms with Gasteiger partial charge in [-0.3, -0.25) is 10.3 Å². The lowest BCUT2D eigenvalue weighted by Gasteiger charge is -2.14. The van der Waals surface area contributed by atoms with E-state index in [0.717, 1.165) is 0 Å². The fourth-order valence-electron chi connectivity index (χ4n) is 1.79. The van der Waals surface area contributed by atoms with E-state index >= 15 is 0 Å². The van der Waals surface area contributed by atoms with Crippen molar-refractivity contribution in [3.63, 3.8) is 0 Å². The molecule has 0 aliphatic heterocycles. The smallest absolute Gasteiger partial charge is 0.337 e. The van der Waals surface area contributed by atoms with Crippen molar-refractivity contribution in [3.8, 4) is 11.5 Å². The van der Waals surface area contributed by atoms with Gasteiger partial charge >= 0.3 is 12.0 Å². The number of urea groups is 1. The molecule has 0 saturated heterocycles. The number of benzene rings is 1. The molecule has 0 aliphatic carbocycles. The highest BCUT2D eigenvalue weighted by Crippen LogP contribution is 2.33. The zero-order valence-corrected chi connectivity index (χ0v) is 12.4. The van der Waals surface area contributed by atoms with Crippen LogP contribution in [0.5, 0.6) is 11.5 Å². The highest BCUT2D eigenvalue weighted by atomic mass is 16.5. The predicted octanol–water partition coefficient (Wildman–Crippen LogP) is 1.84. The number of ether oxygens (including phenoxy) is 2. The highest BCUT2D eigenvalue weighted by molar-refractivity contribution is 6.04. The van der Waals surface area contributed by atoms with Gasteiger partial charge < -0.3 is 19.9 Å². The van der Waals surface area contributed by atoms with Crippen LogP contribution >= 0.6 is 0 Å². The summed E-state index contributed by atoms with van der Waals surface area (Å²) in [7, 11) is 2.79. The molecule has 0 fully saturated rings. The molecule has 1 aromatic carbocycles. The molecular weight excluding hydrogens is 304 g/mol. The van der Waals surface area contributed by atoms with Crippen LogP contribution in [0.3, 0.4) is 0 Å². The van der Waals surface area contributed by atoms with E-state index in [4.69, 9.17) is 9.47 Å². The Labute approximate surface area is 131 Å². The van der Waals surface area contributed by atoms with Crippen LogP contribution in [0.25, 0.3) is 0 Å². The van der Waals surface area contributed by atoms with Crippen LogP contribution in [0.2, 0.25) is 0 Å². The molecule has 2 aromatic rings. The summed E-state index contributed by atoms with van der Waals surface area (Å²) in [5.74, 6) is -0.472. The maximum absolute atomic E-state index is 12.0. The molecule has 0 aliphatic rings. The number of aromatic carboxylic acids is 1. The number of nitrogens with one attached hydrogen (secondary N) is 2. The Kier molecular flexibility index (Phi) is 4.92. The van der Waals surface area contributed by atoms with Crippen molar-refractivity contribution in [2.24, 2.45) is 0 Å². The summed E-state index contributed by atoms with van der Waals surface area (Å²) in [6.07, 6.45) is 4.22. The lowest BCUT2D eigenvalue weighted by Crippen LogP contribution is -2.21. The van der Waals surface area contributed by atoms with Gasteiger partial charge in [0.15, 0.2) is 17.3 Å². The van der Waals surface area contributed by atoms with Gasteiger partial charge in [-0.15, -0.1) is 0 Å². The van der Waals surface area contributed by atoms with Crippen molar-refractivity contribution >= 4 is 23.5 Å². The maximum atomic E-state index is 12.0. The molecule has 23 heavy (non-hydrogen) atoms. The Hall–Kier alpha value is -3.36. The average Bonchev–Trinajstić information content (AvgIpc) is 2.54. The van der Waals surface area contributed by atoms with Gasteiger partial charge in [-0.2, -0.15) is 0 Å². The number of hydrogen-bond donors (Lipinski definition) is 3. The van der Waals surface area contributed by atoms with E-state index in [1.54, 1.807) is 0 Å². The maximum Gasteiger partial charge on any atom is 0.337 e. The molecule has 0 radical (unpaired) electrons. The summed E-state index contributed by atoms with van der Waals surface area (Å²) >= 11 is 0. The third-order valence-electron chi connectivity index (χ3n) is 2.81. The number of carbonyl (C=O) groups excluding carboxylic acids is 1. The molecule has 1 aromatic heterocycles. The largest absolute Gasteiger partial charge is 0.493 e. The first-order chi connectivity index (χ1) is 11.0. The fourth-order valence-corrected chi connectivity index (χ4v) is 1.79. The number of carboxylic acid groups (broad SMARTS) is 1. The summed E-state index contributed by atoms with van der Waals surface area (Å²) in [5.41, 5.74) is -0.0894. The number of carboxylic acids is 1. The summed E-state index contributed by atoms with van der Waals surface area (Å²) in [6.45, 7) is 0. The first-order valence-corrected chi connectivity index (χ1v) is 6.38. The number of amides is 2. The van der Waals surface area contributed by atoms with Gasteiger partial charge in [0.1, 0.15) is 0 Å². The number of rotatable bonds is 5. The van der Waals surface area contributed by atoms with Crippen LogP contribution in [-0.4, -0.2) is 41.3 Å². The molecule has 120 valence electrons. The van der Waals surface area contributed by atoms with Gasteiger partial charge in [0.05, 0.1) is 31.7 Å². The monoisotopic (exact) mass is 318 g/mol. The van der Waals surface area contributed by atoms with Gasteiger partial charge in [0.25, 0.3) is 0 Å². The van der Waals surface area contributed by atoms with Crippen LogP contribution in [0.1, 0.15) is 10.4 Å². The topological polar surface area (TPSA) is 123 Å². The van der Waals surface area contributed by atoms with Crippen LogP contribution < -0.4 is 20.1 Å². The van der Waals surface area contributed by atoms with Gasteiger partial charge in [-0.25, -0.2) is 14.6 Å². The summed E-state index contributed by atoms with van der Waals surface area (Å²) in [5, 5.41) is 14.1. The molecule has 9 heteroatoms. The molecule has 3 N–H and O–H groups in total. The second-order valence-corrected chi connectivity index (χ2v) is 4.23. The zero-order valence-electron chi connectivity index (χ0n) is 12.4. The Bertz CT molecular complexity index is 721. The molecular formula is C14H14N4O5. The van der Waals surface area contributed by atoms with Crippen molar-refractivity contribution in [2.45, 2.75) is 0 Å². The molecule has 0 saturated carbocycles. The number of hydrogen-bond acceptors (Lipinski definition) is 6. The molecule has 2 amide bonds. The SMILES string of the molecule is COc1cc(NC(=O)Nc2cnccn2)c(C(=O)O)cc1OC. The van der Waals surface area contributed by atoms with Crippen LogP contribution in [0.15, 0.2) is 30.7 Å². The first kappa shape index (κ1) is 16.0. The van der Waals surface area contributed by atoms with Crippen molar-refractivity contribution in [2.75, 3.05) is 24.9 Å². The van der Waals surface area contributed by atoms with E-state index < -0.39 is 12.0 Å². The van der Waals surface area contributed by atoms with E-state index in [-0.39, 0.29) is 28.6 Å². The molecule has 2 rings (SSSR count). The third-order valence-corrected chi connectivity index (χ3v) is 2.81. The highest BCUT2D eigenvalue weighted by Gasteiger charge is 2.18. The van der Waals surface area contributed by atoms with Gasteiger partial charge in [0, 0.05) is 24.5 Å². The summed E-state index contributed by atoms with van der Waals surface area (Å²) < 4.78 is 10.1. The predicted molar refractivity (Wildman–Crippen MR) is 81.2 cm³/mol. The Morgan fingerprint density at radius 1 is 1.09 bits per heavy atom. The minimum atomic E-state index is -1.22. The van der Waals surface area contributed by atoms with Crippen molar-refractivity contribution in [1.29, 1.82) is 0 Å². The molecule has 1 heterocycles. The average molecular weight is 318 g/mol. The first-order valence-electron chi connectivity index (χ1n) is 6.38. The Balaban J connectivity index is 2.27. The third kappa shape index (κ3) is 3.84. The number of anilines is 2. The molecule has 0 bridgehead atoms. The molecule has 9 nitrogen and oxygen atoms in total. The summed E-state index contributed by atoms with van der Waals surface area (Å²) in [6, 6.07) is 1.96. The van der Waals surface area contributed by atoms with E-state index in [0.29, 0.717) is 0 Å². The van der Waals surface area contributed by atoms with Crippen molar-refractivity contribution < 1.29 is 24.2 Å². The lowest BCUT2D eigenvalue weighted by molar-refractivity contribution is 0.0697. The van der Waals surface area contributed by atoms with Crippen LogP contribution in [0.4, 0.5) is 16.3 Å². The number of nitrogens with zero attached hydrogens (tertiary/aromatic N) is 2.